The molecular formula is C7H6Cl2IN. The normalized spacial score (nSPS) is 9.82. The smallest absolute Gasteiger partial charge is 0.0717 e. The zero-order chi connectivity index (χ0) is 8.43. The fourth-order valence-electron chi connectivity index (χ4n) is 0.781. The lowest BCUT2D eigenvalue weighted by atomic mass is 10.3. The minimum absolute atomic E-state index is 0.657. The zero-order valence-electron chi connectivity index (χ0n) is 5.79. The summed E-state index contributed by atoms with van der Waals surface area (Å²) in [5.74, 6) is 0. The summed E-state index contributed by atoms with van der Waals surface area (Å²) in [5.41, 5.74) is 0.786. The lowest BCUT2D eigenvalue weighted by Gasteiger charge is -2.05. The van der Waals surface area contributed by atoms with Gasteiger partial charge >= 0.3 is 0 Å². The van der Waals surface area contributed by atoms with Crippen molar-refractivity contribution >= 4 is 51.5 Å². The molecule has 0 spiro atoms. The summed E-state index contributed by atoms with van der Waals surface area (Å²) in [6.45, 7) is 0. The molecule has 0 atom stereocenters. The maximum atomic E-state index is 5.88. The van der Waals surface area contributed by atoms with E-state index in [2.05, 4.69) is 27.9 Å². The van der Waals surface area contributed by atoms with Crippen LogP contribution >= 0.6 is 45.8 Å². The number of rotatable bonds is 1. The minimum atomic E-state index is 0.657. The molecule has 0 aliphatic carbocycles. The van der Waals surface area contributed by atoms with Crippen LogP contribution < -0.4 is 5.32 Å². The van der Waals surface area contributed by atoms with Crippen molar-refractivity contribution in [2.24, 2.45) is 0 Å². The fourth-order valence-corrected chi connectivity index (χ4v) is 2.45. The molecule has 4 heteroatoms. The molecule has 0 fully saturated rings. The molecule has 1 aromatic carbocycles. The van der Waals surface area contributed by atoms with Crippen LogP contribution in [0.25, 0.3) is 0 Å². The number of hydrogen-bond acceptors (Lipinski definition) is 1. The molecule has 0 aliphatic heterocycles. The van der Waals surface area contributed by atoms with E-state index in [-0.39, 0.29) is 0 Å². The first-order valence-corrected chi connectivity index (χ1v) is 4.81. The molecule has 0 bridgehead atoms. The van der Waals surface area contributed by atoms with Gasteiger partial charge in [0.25, 0.3) is 0 Å². The molecule has 1 aromatic rings. The first-order chi connectivity index (χ1) is 5.15. The molecule has 0 heterocycles. The van der Waals surface area contributed by atoms with Gasteiger partial charge < -0.3 is 5.32 Å². The Bertz CT molecular complexity index is 252. The average molecular weight is 302 g/mol. The second kappa shape index (κ2) is 3.83. The molecule has 0 saturated carbocycles. The van der Waals surface area contributed by atoms with Crippen LogP contribution in [0.2, 0.25) is 10.0 Å². The molecule has 11 heavy (non-hydrogen) atoms. The van der Waals surface area contributed by atoms with Crippen molar-refractivity contribution < 1.29 is 0 Å². The third-order valence-corrected chi connectivity index (χ3v) is 2.48. The Morgan fingerprint density at radius 3 is 2.09 bits per heavy atom. The maximum absolute atomic E-state index is 5.88. The Morgan fingerprint density at radius 2 is 1.73 bits per heavy atom. The van der Waals surface area contributed by atoms with Gasteiger partial charge in [0.15, 0.2) is 0 Å². The Kier molecular flexibility index (Phi) is 3.28. The zero-order valence-corrected chi connectivity index (χ0v) is 9.46. The molecule has 0 aliphatic rings. The van der Waals surface area contributed by atoms with E-state index in [1.165, 1.54) is 0 Å². The van der Waals surface area contributed by atoms with Gasteiger partial charge in [-0.3, -0.25) is 0 Å². The highest BCUT2D eigenvalue weighted by Gasteiger charge is 2.04. The summed E-state index contributed by atoms with van der Waals surface area (Å²) in [6.07, 6.45) is 0. The molecule has 0 saturated heterocycles. The van der Waals surface area contributed by atoms with Crippen LogP contribution in [0.4, 0.5) is 5.69 Å². The highest BCUT2D eigenvalue weighted by atomic mass is 127. The van der Waals surface area contributed by atoms with Gasteiger partial charge in [0.05, 0.1) is 15.7 Å². The summed E-state index contributed by atoms with van der Waals surface area (Å²) >= 11 is 13.9. The van der Waals surface area contributed by atoms with Crippen LogP contribution in [0, 0.1) is 3.57 Å². The van der Waals surface area contributed by atoms with E-state index in [0.29, 0.717) is 10.0 Å². The lowest BCUT2D eigenvalue weighted by Crippen LogP contribution is -1.90. The van der Waals surface area contributed by atoms with Gasteiger partial charge in [0, 0.05) is 10.6 Å². The van der Waals surface area contributed by atoms with E-state index >= 15 is 0 Å². The molecule has 1 N–H and O–H groups in total. The number of benzene rings is 1. The van der Waals surface area contributed by atoms with E-state index in [1.807, 2.05) is 12.1 Å². The summed E-state index contributed by atoms with van der Waals surface area (Å²) in [7, 11) is 1.79. The monoisotopic (exact) mass is 301 g/mol. The maximum Gasteiger partial charge on any atom is 0.0717 e. The van der Waals surface area contributed by atoms with Gasteiger partial charge in [0.2, 0.25) is 0 Å². The van der Waals surface area contributed by atoms with Crippen molar-refractivity contribution in [3.05, 3.63) is 25.7 Å². The Labute approximate surface area is 89.2 Å². The Hall–Kier alpha value is 0.330. The van der Waals surface area contributed by atoms with Gasteiger partial charge in [0.1, 0.15) is 0 Å². The van der Waals surface area contributed by atoms with Crippen molar-refractivity contribution in [2.75, 3.05) is 12.4 Å². The van der Waals surface area contributed by atoms with Gasteiger partial charge in [-0.2, -0.15) is 0 Å². The molecule has 1 nitrogen and oxygen atoms in total. The van der Waals surface area contributed by atoms with Crippen LogP contribution in [0.5, 0.6) is 0 Å². The Balaban J connectivity index is 3.25. The summed E-state index contributed by atoms with van der Waals surface area (Å²) < 4.78 is 1.04. The van der Waals surface area contributed by atoms with Crippen LogP contribution in [-0.4, -0.2) is 7.05 Å². The summed E-state index contributed by atoms with van der Waals surface area (Å²) in [5, 5.41) is 4.24. The minimum Gasteiger partial charge on any atom is -0.386 e. The van der Waals surface area contributed by atoms with Crippen LogP contribution in [0.1, 0.15) is 0 Å². The molecule has 0 aromatic heterocycles. The number of halogens is 3. The van der Waals surface area contributed by atoms with Crippen LogP contribution in [0.15, 0.2) is 12.1 Å². The quantitative estimate of drug-likeness (QED) is 0.781. The third-order valence-electron chi connectivity index (χ3n) is 1.26. The van der Waals surface area contributed by atoms with Gasteiger partial charge in [-0.15, -0.1) is 0 Å². The van der Waals surface area contributed by atoms with E-state index in [4.69, 9.17) is 23.2 Å². The highest BCUT2D eigenvalue weighted by molar-refractivity contribution is 14.1. The predicted molar refractivity (Wildman–Crippen MR) is 58.7 cm³/mol. The van der Waals surface area contributed by atoms with Gasteiger partial charge in [-0.05, 0) is 34.7 Å². The number of anilines is 1. The van der Waals surface area contributed by atoms with Crippen molar-refractivity contribution in [1.82, 2.24) is 0 Å². The molecule has 0 unspecified atom stereocenters. The molecule has 60 valence electrons. The van der Waals surface area contributed by atoms with Crippen LogP contribution in [0.3, 0.4) is 0 Å². The number of hydrogen-bond donors (Lipinski definition) is 1. The first-order valence-electron chi connectivity index (χ1n) is 2.97. The van der Waals surface area contributed by atoms with Gasteiger partial charge in [-0.25, -0.2) is 0 Å². The largest absolute Gasteiger partial charge is 0.386 e. The van der Waals surface area contributed by atoms with Crippen molar-refractivity contribution in [2.45, 2.75) is 0 Å². The fraction of sp³-hybridized carbons (Fsp3) is 0.143. The molecule has 0 radical (unpaired) electrons. The van der Waals surface area contributed by atoms with E-state index in [9.17, 15) is 0 Å². The topological polar surface area (TPSA) is 12.0 Å². The van der Waals surface area contributed by atoms with Crippen molar-refractivity contribution in [1.29, 1.82) is 0 Å². The van der Waals surface area contributed by atoms with Crippen molar-refractivity contribution in [3.63, 3.8) is 0 Å². The molecule has 0 amide bonds. The van der Waals surface area contributed by atoms with E-state index in [1.54, 1.807) is 7.05 Å². The Morgan fingerprint density at radius 1 is 1.27 bits per heavy atom. The summed E-state index contributed by atoms with van der Waals surface area (Å²) in [6, 6.07) is 3.72. The SMILES string of the molecule is CNc1c(Cl)cc(I)cc1Cl. The first kappa shape index (κ1) is 9.42. The standard InChI is InChI=1S/C7H6Cl2IN/c1-11-7-5(8)2-4(10)3-6(7)9/h2-3,11H,1H3. The second-order valence-corrected chi connectivity index (χ2v) is 4.05. The number of nitrogens with one attached hydrogen (secondary N) is 1. The van der Waals surface area contributed by atoms with E-state index in [0.717, 1.165) is 9.26 Å². The average Bonchev–Trinajstić information content (AvgIpc) is 1.85. The molecule has 1 rings (SSSR count). The van der Waals surface area contributed by atoms with Crippen LogP contribution in [-0.2, 0) is 0 Å². The van der Waals surface area contributed by atoms with Crippen molar-refractivity contribution in [3.8, 4) is 0 Å². The predicted octanol–water partition coefficient (Wildman–Crippen LogP) is 3.64. The second-order valence-electron chi connectivity index (χ2n) is 1.99. The highest BCUT2D eigenvalue weighted by Crippen LogP contribution is 2.31. The molecular weight excluding hydrogens is 296 g/mol. The summed E-state index contributed by atoms with van der Waals surface area (Å²) in [4.78, 5) is 0. The van der Waals surface area contributed by atoms with Gasteiger partial charge in [-0.1, -0.05) is 23.2 Å². The van der Waals surface area contributed by atoms with E-state index < -0.39 is 0 Å². The third kappa shape index (κ3) is 2.13. The lowest BCUT2D eigenvalue weighted by molar-refractivity contribution is 1.50.